The van der Waals surface area contributed by atoms with Crippen molar-refractivity contribution >= 4 is 17.2 Å². The lowest BCUT2D eigenvalue weighted by Gasteiger charge is -2.36. The van der Waals surface area contributed by atoms with Crippen LogP contribution in [0.15, 0.2) is 55.0 Å². The van der Waals surface area contributed by atoms with Crippen LogP contribution in [0.4, 0.5) is 5.82 Å². The fourth-order valence-electron chi connectivity index (χ4n) is 6.57. The third-order valence-electron chi connectivity index (χ3n) is 8.44. The molecule has 2 aromatic heterocycles. The predicted octanol–water partition coefficient (Wildman–Crippen LogP) is 2.69. The molecule has 38 heavy (non-hydrogen) atoms. The van der Waals surface area contributed by atoms with Crippen molar-refractivity contribution in [2.75, 3.05) is 25.0 Å². The molecular weight excluding hydrogens is 480 g/mol. The van der Waals surface area contributed by atoms with Crippen LogP contribution in [0.25, 0.3) is 5.52 Å². The molecule has 3 atom stereocenters. The standard InChI is InChI=1S/C29H36N6O3/c36-18-26(20-6-2-1-3-7-20)32-29-28-25-11-13-33(16-21(25)17-35(28)31-19-30-29)27(38)8-4-5-12-34-22-9-10-23(34)15-24(37)14-22/h1-4,6-8,17,19,22-24,26,36-37H,5,9-16,18H2,(H,30,31,32)/b8-4+/t22?,23?,24?,26-/m1/s1. The minimum Gasteiger partial charge on any atom is -0.394 e. The number of amides is 1. The van der Waals surface area contributed by atoms with Gasteiger partial charge in [0.1, 0.15) is 11.8 Å². The summed E-state index contributed by atoms with van der Waals surface area (Å²) in [5.41, 5.74) is 4.11. The molecule has 3 aliphatic rings. The van der Waals surface area contributed by atoms with Crippen molar-refractivity contribution in [2.24, 2.45) is 0 Å². The fourth-order valence-corrected chi connectivity index (χ4v) is 6.57. The maximum absolute atomic E-state index is 13.0. The fraction of sp³-hybridized carbons (Fsp3) is 0.483. The molecular formula is C29H36N6O3. The highest BCUT2D eigenvalue weighted by Gasteiger charge is 2.39. The van der Waals surface area contributed by atoms with E-state index in [4.69, 9.17) is 0 Å². The molecule has 200 valence electrons. The van der Waals surface area contributed by atoms with Gasteiger partial charge in [0.2, 0.25) is 5.91 Å². The zero-order valence-corrected chi connectivity index (χ0v) is 21.6. The monoisotopic (exact) mass is 516 g/mol. The number of fused-ring (bicyclic) bond motifs is 5. The Morgan fingerprint density at radius 3 is 2.74 bits per heavy atom. The zero-order valence-electron chi connectivity index (χ0n) is 21.6. The number of carbonyl (C=O) groups is 1. The molecule has 3 N–H and O–H groups in total. The second kappa shape index (κ2) is 10.8. The quantitative estimate of drug-likeness (QED) is 0.395. The summed E-state index contributed by atoms with van der Waals surface area (Å²) in [5.74, 6) is 0.722. The summed E-state index contributed by atoms with van der Waals surface area (Å²) in [6, 6.07) is 10.6. The lowest BCUT2D eigenvalue weighted by atomic mass is 10.00. The number of hydrogen-bond acceptors (Lipinski definition) is 7. The van der Waals surface area contributed by atoms with Crippen molar-refractivity contribution in [3.05, 3.63) is 71.7 Å². The van der Waals surface area contributed by atoms with Crippen molar-refractivity contribution in [3.8, 4) is 0 Å². The van der Waals surface area contributed by atoms with Gasteiger partial charge in [-0.15, -0.1) is 0 Å². The normalized spacial score (nSPS) is 24.2. The number of anilines is 1. The highest BCUT2D eigenvalue weighted by Crippen LogP contribution is 2.35. The zero-order chi connectivity index (χ0) is 26.1. The number of piperidine rings is 1. The Balaban J connectivity index is 1.10. The van der Waals surface area contributed by atoms with Gasteiger partial charge >= 0.3 is 0 Å². The number of aliphatic hydroxyl groups excluding tert-OH is 2. The maximum atomic E-state index is 13.0. The minimum atomic E-state index is -0.280. The van der Waals surface area contributed by atoms with E-state index < -0.39 is 0 Å². The van der Waals surface area contributed by atoms with Crippen molar-refractivity contribution in [3.63, 3.8) is 0 Å². The third kappa shape index (κ3) is 4.93. The molecule has 2 bridgehead atoms. The Morgan fingerprint density at radius 1 is 1.18 bits per heavy atom. The summed E-state index contributed by atoms with van der Waals surface area (Å²) in [4.78, 5) is 21.9. The van der Waals surface area contributed by atoms with Gasteiger partial charge in [0.05, 0.1) is 18.8 Å². The molecule has 5 heterocycles. The largest absolute Gasteiger partial charge is 0.394 e. The first-order chi connectivity index (χ1) is 18.6. The molecule has 3 aromatic rings. The number of aromatic nitrogens is 3. The lowest BCUT2D eigenvalue weighted by Crippen LogP contribution is -2.44. The first kappa shape index (κ1) is 25.0. The molecule has 1 aromatic carbocycles. The highest BCUT2D eigenvalue weighted by molar-refractivity contribution is 5.88. The average Bonchev–Trinajstić information content (AvgIpc) is 3.43. The van der Waals surface area contributed by atoms with E-state index in [1.807, 2.05) is 52.0 Å². The van der Waals surface area contributed by atoms with E-state index in [0.29, 0.717) is 31.0 Å². The van der Waals surface area contributed by atoms with Gasteiger partial charge in [0.25, 0.3) is 0 Å². The van der Waals surface area contributed by atoms with Gasteiger partial charge in [0.15, 0.2) is 5.82 Å². The lowest BCUT2D eigenvalue weighted by molar-refractivity contribution is -0.126. The van der Waals surface area contributed by atoms with Crippen molar-refractivity contribution in [2.45, 2.75) is 69.3 Å². The van der Waals surface area contributed by atoms with E-state index in [9.17, 15) is 15.0 Å². The summed E-state index contributed by atoms with van der Waals surface area (Å²) in [6.07, 6.45) is 12.8. The smallest absolute Gasteiger partial charge is 0.246 e. The summed E-state index contributed by atoms with van der Waals surface area (Å²) >= 11 is 0. The van der Waals surface area contributed by atoms with E-state index in [0.717, 1.165) is 54.4 Å². The second-order valence-corrected chi connectivity index (χ2v) is 10.8. The molecule has 9 heteroatoms. The summed E-state index contributed by atoms with van der Waals surface area (Å²) < 4.78 is 1.83. The van der Waals surface area contributed by atoms with Gasteiger partial charge < -0.3 is 20.4 Å². The molecule has 0 radical (unpaired) electrons. The molecule has 1 amide bonds. The van der Waals surface area contributed by atoms with E-state index in [1.54, 1.807) is 6.08 Å². The molecule has 9 nitrogen and oxygen atoms in total. The third-order valence-corrected chi connectivity index (χ3v) is 8.44. The van der Waals surface area contributed by atoms with Crippen LogP contribution in [0.5, 0.6) is 0 Å². The molecule has 6 rings (SSSR count). The minimum absolute atomic E-state index is 0.0387. The Hall–Kier alpha value is -3.27. The van der Waals surface area contributed by atoms with Crippen molar-refractivity contribution in [1.82, 2.24) is 24.4 Å². The number of rotatable bonds is 8. The molecule has 2 unspecified atom stereocenters. The summed E-state index contributed by atoms with van der Waals surface area (Å²) in [7, 11) is 0. The van der Waals surface area contributed by atoms with E-state index in [1.165, 1.54) is 19.2 Å². The van der Waals surface area contributed by atoms with Gasteiger partial charge in [-0.25, -0.2) is 9.50 Å². The molecule has 0 spiro atoms. The number of aliphatic hydroxyl groups is 2. The number of nitrogens with one attached hydrogen (secondary N) is 1. The van der Waals surface area contributed by atoms with Gasteiger partial charge in [-0.2, -0.15) is 5.10 Å². The average molecular weight is 517 g/mol. The SMILES string of the molecule is O=C(/C=C/CCN1C2CCC1CC(O)C2)N1CCc2c(cn3ncnc(N[C@H](CO)c4ccccc4)c23)C1. The Morgan fingerprint density at radius 2 is 1.97 bits per heavy atom. The van der Waals surface area contributed by atoms with Crippen LogP contribution >= 0.6 is 0 Å². The highest BCUT2D eigenvalue weighted by atomic mass is 16.3. The van der Waals surface area contributed by atoms with Crippen molar-refractivity contribution < 1.29 is 15.0 Å². The van der Waals surface area contributed by atoms with Gasteiger partial charge in [0, 0.05) is 37.9 Å². The Kier molecular flexibility index (Phi) is 7.14. The molecule has 0 saturated carbocycles. The summed E-state index contributed by atoms with van der Waals surface area (Å²) in [6.45, 7) is 2.07. The van der Waals surface area contributed by atoms with Crippen LogP contribution in [0.2, 0.25) is 0 Å². The van der Waals surface area contributed by atoms with Crippen LogP contribution in [0.3, 0.4) is 0 Å². The van der Waals surface area contributed by atoms with Gasteiger partial charge in [-0.1, -0.05) is 36.4 Å². The molecule has 2 saturated heterocycles. The van der Waals surface area contributed by atoms with Crippen LogP contribution in [0, 0.1) is 0 Å². The predicted molar refractivity (Wildman–Crippen MR) is 145 cm³/mol. The molecule has 0 aliphatic carbocycles. The molecule has 2 fully saturated rings. The van der Waals surface area contributed by atoms with E-state index in [-0.39, 0.29) is 24.7 Å². The second-order valence-electron chi connectivity index (χ2n) is 10.8. The van der Waals surface area contributed by atoms with Gasteiger partial charge in [-0.05, 0) is 61.3 Å². The van der Waals surface area contributed by atoms with Crippen LogP contribution in [-0.2, 0) is 17.8 Å². The number of nitrogens with zero attached hydrogens (tertiary/aromatic N) is 5. The number of hydrogen-bond donors (Lipinski definition) is 3. The van der Waals surface area contributed by atoms with Crippen molar-refractivity contribution in [1.29, 1.82) is 0 Å². The summed E-state index contributed by atoms with van der Waals surface area (Å²) in [5, 5.41) is 27.9. The van der Waals surface area contributed by atoms with Crippen LogP contribution < -0.4 is 5.32 Å². The van der Waals surface area contributed by atoms with E-state index in [2.05, 4.69) is 20.3 Å². The van der Waals surface area contributed by atoms with Crippen LogP contribution in [-0.4, -0.2) is 78.4 Å². The molecule has 3 aliphatic heterocycles. The number of benzene rings is 1. The van der Waals surface area contributed by atoms with Crippen LogP contribution in [0.1, 0.15) is 54.8 Å². The number of carbonyl (C=O) groups excluding carboxylic acids is 1. The Labute approximate surface area is 222 Å². The first-order valence-corrected chi connectivity index (χ1v) is 13.8. The maximum Gasteiger partial charge on any atom is 0.246 e. The first-order valence-electron chi connectivity index (χ1n) is 13.8. The topological polar surface area (TPSA) is 106 Å². The van der Waals surface area contributed by atoms with Gasteiger partial charge in [-0.3, -0.25) is 9.69 Å². The Bertz CT molecular complexity index is 1290. The van der Waals surface area contributed by atoms with E-state index >= 15 is 0 Å².